The fourth-order valence-corrected chi connectivity index (χ4v) is 5.75. The average Bonchev–Trinajstić information content (AvgIpc) is 3.43. The van der Waals surface area contributed by atoms with Crippen molar-refractivity contribution < 1.29 is 23.7 Å². The molecule has 0 bridgehead atoms. The number of fused-ring (bicyclic) bond motifs is 1. The van der Waals surface area contributed by atoms with Crippen LogP contribution in [0.15, 0.2) is 48.5 Å². The number of amides is 3. The molecular formula is C25H26FN5O5. The van der Waals surface area contributed by atoms with E-state index in [4.69, 9.17) is 0 Å². The monoisotopic (exact) mass is 495 g/mol. The van der Waals surface area contributed by atoms with E-state index in [1.165, 1.54) is 47.4 Å². The lowest BCUT2D eigenvalue weighted by Gasteiger charge is -2.36. The number of anilines is 1. The molecule has 2 N–H and O–H groups in total. The number of nitro benzene ring substituents is 1. The maximum absolute atomic E-state index is 13.8. The molecule has 11 heteroatoms. The minimum atomic E-state index is -0.899. The number of piperazine rings is 1. The molecule has 188 valence electrons. The van der Waals surface area contributed by atoms with Gasteiger partial charge in [-0.25, -0.2) is 9.18 Å². The lowest BCUT2D eigenvalue weighted by atomic mass is 9.86. The Morgan fingerprint density at radius 3 is 2.53 bits per heavy atom. The van der Waals surface area contributed by atoms with E-state index in [1.807, 2.05) is 0 Å². The van der Waals surface area contributed by atoms with Crippen LogP contribution in [-0.4, -0.2) is 64.7 Å². The number of ketones is 1. The molecule has 3 fully saturated rings. The predicted molar refractivity (Wildman–Crippen MR) is 128 cm³/mol. The van der Waals surface area contributed by atoms with Gasteiger partial charge in [-0.2, -0.15) is 0 Å². The fraction of sp³-hybridized carbons (Fsp3) is 0.400. The Bertz CT molecular complexity index is 1200. The van der Waals surface area contributed by atoms with Crippen molar-refractivity contribution in [3.63, 3.8) is 0 Å². The van der Waals surface area contributed by atoms with Crippen molar-refractivity contribution in [3.05, 3.63) is 70.0 Å². The third kappa shape index (κ3) is 4.30. The van der Waals surface area contributed by atoms with Crippen LogP contribution in [0.1, 0.15) is 24.4 Å². The summed E-state index contributed by atoms with van der Waals surface area (Å²) in [5.41, 5.74) is 0.598. The number of hydrogen-bond acceptors (Lipinski definition) is 6. The van der Waals surface area contributed by atoms with Crippen LogP contribution in [0.25, 0.3) is 0 Å². The van der Waals surface area contributed by atoms with Crippen molar-refractivity contribution in [2.75, 3.05) is 31.5 Å². The number of rotatable bonds is 4. The largest absolute Gasteiger partial charge is 0.338 e. The summed E-state index contributed by atoms with van der Waals surface area (Å²) in [6, 6.07) is 8.75. The predicted octanol–water partition coefficient (Wildman–Crippen LogP) is 2.72. The maximum atomic E-state index is 13.8. The van der Waals surface area contributed by atoms with Crippen molar-refractivity contribution in [1.29, 1.82) is 0 Å². The fourth-order valence-electron chi connectivity index (χ4n) is 5.75. The smallest absolute Gasteiger partial charge is 0.323 e. The van der Waals surface area contributed by atoms with Gasteiger partial charge in [-0.15, -0.1) is 0 Å². The van der Waals surface area contributed by atoms with Gasteiger partial charge in [0.2, 0.25) is 5.91 Å². The molecule has 0 radical (unpaired) electrons. The Hall–Kier alpha value is -3.86. The third-order valence-corrected chi connectivity index (χ3v) is 7.34. The summed E-state index contributed by atoms with van der Waals surface area (Å²) in [6.45, 7) is 2.22. The molecule has 3 amide bonds. The first-order chi connectivity index (χ1) is 17.3. The number of nitrogens with zero attached hydrogens (tertiary/aromatic N) is 3. The standard InChI is InChI=1S/C25H26FN5O5/c26-16-4-6-17(7-5-16)28-25(34)30-22(15-2-1-3-18(14-15)31(35)36)21-19(8-9-20(21)32)23(30)24(33)29-12-10-27-11-13-29/h1-7,14,19,21-23,27H,8-13H2,(H,28,34). The Morgan fingerprint density at radius 2 is 1.83 bits per heavy atom. The lowest BCUT2D eigenvalue weighted by molar-refractivity contribution is -0.385. The number of urea groups is 1. The quantitative estimate of drug-likeness (QED) is 0.496. The number of carbonyl (C=O) groups is 3. The van der Waals surface area contributed by atoms with E-state index in [1.54, 1.807) is 11.0 Å². The van der Waals surface area contributed by atoms with E-state index in [9.17, 15) is 28.9 Å². The first-order valence-corrected chi connectivity index (χ1v) is 12.0. The van der Waals surface area contributed by atoms with Gasteiger partial charge in [-0.05, 0) is 36.2 Å². The first-order valence-electron chi connectivity index (χ1n) is 12.0. The van der Waals surface area contributed by atoms with Gasteiger partial charge < -0.3 is 20.4 Å². The van der Waals surface area contributed by atoms with Crippen LogP contribution in [0.4, 0.5) is 20.6 Å². The van der Waals surface area contributed by atoms with Crippen molar-refractivity contribution in [1.82, 2.24) is 15.1 Å². The summed E-state index contributed by atoms with van der Waals surface area (Å²) in [5, 5.41) is 17.4. The number of likely N-dealkylation sites (tertiary alicyclic amines) is 1. The lowest BCUT2D eigenvalue weighted by Crippen LogP contribution is -2.55. The van der Waals surface area contributed by atoms with Crippen LogP contribution in [0, 0.1) is 27.8 Å². The summed E-state index contributed by atoms with van der Waals surface area (Å²) in [6.07, 6.45) is 0.747. The van der Waals surface area contributed by atoms with Gasteiger partial charge in [0.05, 0.1) is 11.0 Å². The molecule has 0 spiro atoms. The number of halogens is 1. The summed E-state index contributed by atoms with van der Waals surface area (Å²) in [5.74, 6) is -1.81. The molecule has 1 aliphatic carbocycles. The SMILES string of the molecule is O=C1CCC2C1C(c1cccc([N+](=O)[O-])c1)N(C(=O)Nc1ccc(F)cc1)C2C(=O)N1CCNCC1. The zero-order valence-corrected chi connectivity index (χ0v) is 19.4. The molecule has 2 heterocycles. The summed E-state index contributed by atoms with van der Waals surface area (Å²) >= 11 is 0. The molecular weight excluding hydrogens is 469 g/mol. The molecule has 4 atom stereocenters. The van der Waals surface area contributed by atoms with Gasteiger partial charge in [0.1, 0.15) is 17.6 Å². The van der Waals surface area contributed by atoms with Crippen LogP contribution in [0.2, 0.25) is 0 Å². The van der Waals surface area contributed by atoms with Crippen molar-refractivity contribution in [3.8, 4) is 0 Å². The van der Waals surface area contributed by atoms with Crippen LogP contribution >= 0.6 is 0 Å². The Morgan fingerprint density at radius 1 is 1.11 bits per heavy atom. The Labute approximate surface area is 206 Å². The zero-order chi connectivity index (χ0) is 25.4. The molecule has 10 nitrogen and oxygen atoms in total. The van der Waals surface area contributed by atoms with E-state index in [0.29, 0.717) is 50.3 Å². The van der Waals surface area contributed by atoms with E-state index in [-0.39, 0.29) is 17.4 Å². The molecule has 2 aliphatic heterocycles. The second-order valence-corrected chi connectivity index (χ2v) is 9.36. The van der Waals surface area contributed by atoms with E-state index in [0.717, 1.165) is 0 Å². The van der Waals surface area contributed by atoms with Crippen LogP contribution in [0.5, 0.6) is 0 Å². The summed E-state index contributed by atoms with van der Waals surface area (Å²) in [4.78, 5) is 54.7. The second-order valence-electron chi connectivity index (χ2n) is 9.36. The van der Waals surface area contributed by atoms with Gasteiger partial charge in [0.15, 0.2) is 0 Å². The minimum absolute atomic E-state index is 0.0632. The van der Waals surface area contributed by atoms with Crippen LogP contribution in [0.3, 0.4) is 0 Å². The highest BCUT2D eigenvalue weighted by Gasteiger charge is 2.59. The summed E-state index contributed by atoms with van der Waals surface area (Å²) < 4.78 is 13.4. The molecule has 36 heavy (non-hydrogen) atoms. The highest BCUT2D eigenvalue weighted by Crippen LogP contribution is 2.52. The van der Waals surface area contributed by atoms with Gasteiger partial charge in [0, 0.05) is 62.3 Å². The van der Waals surface area contributed by atoms with Gasteiger partial charge >= 0.3 is 6.03 Å². The first kappa shape index (κ1) is 23.9. The van der Waals surface area contributed by atoms with Gasteiger partial charge in [-0.1, -0.05) is 12.1 Å². The molecule has 2 aromatic carbocycles. The Balaban J connectivity index is 1.58. The van der Waals surface area contributed by atoms with E-state index < -0.39 is 40.7 Å². The minimum Gasteiger partial charge on any atom is -0.338 e. The van der Waals surface area contributed by atoms with E-state index in [2.05, 4.69) is 10.6 Å². The number of carbonyl (C=O) groups excluding carboxylic acids is 3. The zero-order valence-electron chi connectivity index (χ0n) is 19.4. The molecule has 0 aromatic heterocycles. The third-order valence-electron chi connectivity index (χ3n) is 7.34. The number of hydrogen-bond donors (Lipinski definition) is 2. The summed E-state index contributed by atoms with van der Waals surface area (Å²) in [7, 11) is 0. The molecule has 2 saturated heterocycles. The highest BCUT2D eigenvalue weighted by molar-refractivity contribution is 5.97. The molecule has 3 aliphatic rings. The van der Waals surface area contributed by atoms with Crippen molar-refractivity contribution in [2.24, 2.45) is 11.8 Å². The van der Waals surface area contributed by atoms with E-state index >= 15 is 0 Å². The second kappa shape index (κ2) is 9.65. The number of benzene rings is 2. The van der Waals surface area contributed by atoms with Crippen molar-refractivity contribution >= 4 is 29.1 Å². The number of nitrogens with one attached hydrogen (secondary N) is 2. The number of Topliss-reactive ketones (excluding diaryl/α,β-unsaturated/α-hetero) is 1. The topological polar surface area (TPSA) is 125 Å². The van der Waals surface area contributed by atoms with Crippen LogP contribution in [-0.2, 0) is 9.59 Å². The van der Waals surface area contributed by atoms with Gasteiger partial charge in [-0.3, -0.25) is 19.7 Å². The maximum Gasteiger partial charge on any atom is 0.323 e. The molecule has 5 rings (SSSR count). The molecule has 2 aromatic rings. The number of non-ortho nitro benzene ring substituents is 1. The van der Waals surface area contributed by atoms with Gasteiger partial charge in [0.25, 0.3) is 5.69 Å². The Kier molecular flexibility index (Phi) is 6.40. The highest BCUT2D eigenvalue weighted by atomic mass is 19.1. The molecule has 1 saturated carbocycles. The molecule has 4 unspecified atom stereocenters. The van der Waals surface area contributed by atoms with Crippen molar-refractivity contribution in [2.45, 2.75) is 24.9 Å². The van der Waals surface area contributed by atoms with Crippen LogP contribution < -0.4 is 10.6 Å². The number of nitro groups is 1. The normalized spacial score (nSPS) is 25.5. The average molecular weight is 496 g/mol.